The van der Waals surface area contributed by atoms with Gasteiger partial charge in [-0.15, -0.1) is 23.7 Å². The van der Waals surface area contributed by atoms with E-state index in [1.807, 2.05) is 53.4 Å². The van der Waals surface area contributed by atoms with Gasteiger partial charge in [-0.3, -0.25) is 4.79 Å². The molecule has 3 heterocycles. The Morgan fingerprint density at radius 1 is 1.07 bits per heavy atom. The third kappa shape index (κ3) is 3.53. The van der Waals surface area contributed by atoms with Crippen LogP contribution in [-0.4, -0.2) is 27.4 Å². The second kappa shape index (κ2) is 7.73. The van der Waals surface area contributed by atoms with Gasteiger partial charge in [0.1, 0.15) is 10.8 Å². The Morgan fingerprint density at radius 3 is 2.64 bits per heavy atom. The Kier molecular flexibility index (Phi) is 5.15. The minimum atomic E-state index is 0. The number of benzene rings is 2. The Morgan fingerprint density at radius 2 is 1.89 bits per heavy atom. The summed E-state index contributed by atoms with van der Waals surface area (Å²) in [6.07, 6.45) is 2.29. The van der Waals surface area contributed by atoms with Crippen LogP contribution in [0.3, 0.4) is 0 Å². The van der Waals surface area contributed by atoms with Gasteiger partial charge >= 0.3 is 0 Å². The fourth-order valence-electron chi connectivity index (χ4n) is 3.49. The van der Waals surface area contributed by atoms with Gasteiger partial charge in [0.2, 0.25) is 5.91 Å². The second-order valence-corrected chi connectivity index (χ2v) is 7.64. The number of anilines is 1. The Bertz CT molecular complexity index is 1090. The lowest BCUT2D eigenvalue weighted by Crippen LogP contribution is -2.23. The molecule has 2 aromatic carbocycles. The van der Waals surface area contributed by atoms with Crippen LogP contribution in [-0.2, 0) is 11.2 Å². The number of fused-ring (bicyclic) bond motifs is 1. The number of imidazole rings is 1. The number of thiazole rings is 1. The molecule has 1 amide bonds. The second-order valence-electron chi connectivity index (χ2n) is 6.70. The number of carbonyl (C=O) groups is 1. The van der Waals surface area contributed by atoms with Crippen LogP contribution in [0.5, 0.6) is 0 Å². The summed E-state index contributed by atoms with van der Waals surface area (Å²) in [6, 6.07) is 16.1. The van der Waals surface area contributed by atoms with Crippen LogP contribution in [0.15, 0.2) is 53.9 Å². The van der Waals surface area contributed by atoms with Crippen LogP contribution in [0.2, 0.25) is 0 Å². The summed E-state index contributed by atoms with van der Waals surface area (Å²) in [5.74, 6) is 1.14. The van der Waals surface area contributed by atoms with Crippen LogP contribution in [0.1, 0.15) is 23.7 Å². The zero-order valence-electron chi connectivity index (χ0n) is 15.1. The number of aromatic nitrogens is 3. The predicted octanol–water partition coefficient (Wildman–Crippen LogP) is 4.83. The van der Waals surface area contributed by atoms with Crippen molar-refractivity contribution in [3.63, 3.8) is 0 Å². The summed E-state index contributed by atoms with van der Waals surface area (Å²) >= 11 is 1.64. The minimum absolute atomic E-state index is 0. The van der Waals surface area contributed by atoms with E-state index >= 15 is 0 Å². The average molecular weight is 411 g/mol. The van der Waals surface area contributed by atoms with Gasteiger partial charge in [0, 0.05) is 29.6 Å². The molecule has 0 spiro atoms. The minimum Gasteiger partial charge on any atom is -0.342 e. The van der Waals surface area contributed by atoms with Gasteiger partial charge in [-0.05, 0) is 30.7 Å². The van der Waals surface area contributed by atoms with E-state index in [-0.39, 0.29) is 18.3 Å². The zero-order valence-corrected chi connectivity index (χ0v) is 16.7. The van der Waals surface area contributed by atoms with Crippen molar-refractivity contribution in [1.29, 1.82) is 0 Å². The molecule has 0 atom stereocenters. The number of hydrogen-bond acceptors (Lipinski definition) is 4. The van der Waals surface area contributed by atoms with Gasteiger partial charge in [-0.2, -0.15) is 0 Å². The summed E-state index contributed by atoms with van der Waals surface area (Å²) in [5, 5.41) is 3.11. The Labute approximate surface area is 172 Å². The van der Waals surface area contributed by atoms with Crippen LogP contribution >= 0.6 is 23.7 Å². The van der Waals surface area contributed by atoms with Crippen LogP contribution in [0.4, 0.5) is 5.69 Å². The first-order valence-corrected chi connectivity index (χ1v) is 9.93. The molecule has 7 heteroatoms. The molecule has 28 heavy (non-hydrogen) atoms. The summed E-state index contributed by atoms with van der Waals surface area (Å²) < 4.78 is 0. The molecule has 0 saturated carbocycles. The van der Waals surface area contributed by atoms with Crippen LogP contribution < -0.4 is 4.90 Å². The summed E-state index contributed by atoms with van der Waals surface area (Å²) in [4.78, 5) is 26.5. The van der Waals surface area contributed by atoms with E-state index in [1.165, 1.54) is 0 Å². The molecule has 0 unspecified atom stereocenters. The molecule has 142 valence electrons. The molecule has 1 N–H and O–H groups in total. The van der Waals surface area contributed by atoms with Crippen molar-refractivity contribution >= 4 is 46.4 Å². The molecule has 1 aliphatic rings. The van der Waals surface area contributed by atoms with Crippen molar-refractivity contribution in [3.8, 4) is 11.3 Å². The fraction of sp³-hybridized carbons (Fsp3) is 0.190. The van der Waals surface area contributed by atoms with E-state index < -0.39 is 0 Å². The summed E-state index contributed by atoms with van der Waals surface area (Å²) in [5.41, 5.74) is 5.04. The Balaban J connectivity index is 0.00000192. The highest BCUT2D eigenvalue weighted by atomic mass is 35.5. The predicted molar refractivity (Wildman–Crippen MR) is 115 cm³/mol. The van der Waals surface area contributed by atoms with Gasteiger partial charge in [-0.25, -0.2) is 9.97 Å². The van der Waals surface area contributed by atoms with E-state index in [0.717, 1.165) is 51.8 Å². The molecule has 0 bridgehead atoms. The van der Waals surface area contributed by atoms with Crippen molar-refractivity contribution in [2.45, 2.75) is 19.3 Å². The maximum atomic E-state index is 11.9. The van der Waals surface area contributed by atoms with Gasteiger partial charge in [0.15, 0.2) is 0 Å². The largest absolute Gasteiger partial charge is 0.342 e. The number of hydrogen-bond donors (Lipinski definition) is 1. The molecule has 2 aromatic heterocycles. The van der Waals surface area contributed by atoms with E-state index in [2.05, 4.69) is 15.3 Å². The van der Waals surface area contributed by atoms with Crippen molar-refractivity contribution in [1.82, 2.24) is 15.0 Å². The van der Waals surface area contributed by atoms with Crippen molar-refractivity contribution < 1.29 is 4.79 Å². The van der Waals surface area contributed by atoms with Gasteiger partial charge in [0.25, 0.3) is 0 Å². The van der Waals surface area contributed by atoms with E-state index in [9.17, 15) is 4.79 Å². The molecule has 1 aliphatic heterocycles. The number of halogens is 1. The fourth-order valence-corrected chi connectivity index (χ4v) is 4.30. The molecular weight excluding hydrogens is 392 g/mol. The lowest BCUT2D eigenvalue weighted by molar-refractivity contribution is -0.117. The van der Waals surface area contributed by atoms with Crippen LogP contribution in [0.25, 0.3) is 22.3 Å². The van der Waals surface area contributed by atoms with E-state index in [1.54, 1.807) is 11.3 Å². The molecular formula is C21H19ClN4OS. The van der Waals surface area contributed by atoms with Crippen molar-refractivity contribution in [2.75, 3.05) is 11.4 Å². The van der Waals surface area contributed by atoms with Gasteiger partial charge in [-0.1, -0.05) is 24.3 Å². The number of rotatable bonds is 4. The Hall–Kier alpha value is -2.70. The summed E-state index contributed by atoms with van der Waals surface area (Å²) in [6.45, 7) is 0.816. The first kappa shape index (κ1) is 18.7. The number of H-pyrrole nitrogens is 1. The zero-order chi connectivity index (χ0) is 18.2. The normalized spacial score (nSPS) is 13.9. The van der Waals surface area contributed by atoms with Crippen molar-refractivity contribution in [3.05, 3.63) is 64.7 Å². The molecule has 1 saturated heterocycles. The summed E-state index contributed by atoms with van der Waals surface area (Å²) in [7, 11) is 0. The maximum Gasteiger partial charge on any atom is 0.227 e. The van der Waals surface area contributed by atoms with Gasteiger partial charge < -0.3 is 9.88 Å². The topological polar surface area (TPSA) is 61.9 Å². The molecule has 5 rings (SSSR count). The third-order valence-electron chi connectivity index (χ3n) is 4.86. The first-order valence-electron chi connectivity index (χ1n) is 9.05. The smallest absolute Gasteiger partial charge is 0.227 e. The number of nitrogens with zero attached hydrogens (tertiary/aromatic N) is 3. The third-order valence-corrected chi connectivity index (χ3v) is 5.71. The number of para-hydroxylation sites is 2. The van der Waals surface area contributed by atoms with E-state index in [0.29, 0.717) is 12.8 Å². The molecule has 4 aromatic rings. The number of amides is 1. The maximum absolute atomic E-state index is 11.9. The highest BCUT2D eigenvalue weighted by Crippen LogP contribution is 2.27. The molecule has 0 radical (unpaired) electrons. The van der Waals surface area contributed by atoms with Gasteiger partial charge in [0.05, 0.1) is 23.1 Å². The average Bonchev–Trinajstić information content (AvgIpc) is 3.41. The lowest BCUT2D eigenvalue weighted by atomic mass is 10.1. The molecule has 1 fully saturated rings. The lowest BCUT2D eigenvalue weighted by Gasteiger charge is -2.15. The quantitative estimate of drug-likeness (QED) is 0.524. The number of aromatic amines is 1. The standard InChI is InChI=1S/C21H18N4OS.ClH/c26-21-6-3-11-25(21)15-9-7-14(8-10-15)18-13-27-20(24-18)12-19-22-16-4-1-2-5-17(16)23-19;/h1-2,4-5,7-10,13H,3,6,11-12H2,(H,22,23);1H. The highest BCUT2D eigenvalue weighted by molar-refractivity contribution is 7.10. The SMILES string of the molecule is Cl.O=C1CCCN1c1ccc(-c2csc(Cc3nc4ccccc4[nH]3)n2)cc1. The number of carbonyl (C=O) groups excluding carboxylic acids is 1. The monoisotopic (exact) mass is 410 g/mol. The van der Waals surface area contributed by atoms with Crippen LogP contribution in [0, 0.1) is 0 Å². The molecule has 0 aliphatic carbocycles. The highest BCUT2D eigenvalue weighted by Gasteiger charge is 2.21. The van der Waals surface area contributed by atoms with E-state index in [4.69, 9.17) is 4.98 Å². The van der Waals surface area contributed by atoms with Crippen molar-refractivity contribution in [2.24, 2.45) is 0 Å². The number of nitrogens with one attached hydrogen (secondary N) is 1. The first-order chi connectivity index (χ1) is 13.3. The molecule has 5 nitrogen and oxygen atoms in total.